The number of benzene rings is 2. The van der Waals surface area contributed by atoms with Crippen LogP contribution in [-0.4, -0.2) is 65.9 Å². The molecule has 3 heterocycles. The number of rotatable bonds is 9. The number of aromatic nitrogens is 4. The van der Waals surface area contributed by atoms with Gasteiger partial charge in [-0.3, -0.25) is 23.9 Å². The average molecular weight is 562 g/mol. The molecular weight excluding hydrogens is 530 g/mol. The number of aromatic amines is 1. The molecule has 1 aliphatic heterocycles. The van der Waals surface area contributed by atoms with Gasteiger partial charge in [-0.15, -0.1) is 0 Å². The zero-order valence-corrected chi connectivity index (χ0v) is 22.2. The highest BCUT2D eigenvalue weighted by atomic mass is 16.6. The lowest BCUT2D eigenvalue weighted by Crippen LogP contribution is -2.53. The van der Waals surface area contributed by atoms with Crippen molar-refractivity contribution in [3.63, 3.8) is 0 Å². The van der Waals surface area contributed by atoms with E-state index < -0.39 is 48.0 Å². The third-order valence-electron chi connectivity index (χ3n) is 7.06. The molecule has 2 aromatic carbocycles. The van der Waals surface area contributed by atoms with Crippen LogP contribution in [0.3, 0.4) is 0 Å². The van der Waals surface area contributed by atoms with Crippen LogP contribution in [0.2, 0.25) is 0 Å². The minimum absolute atomic E-state index is 0.0106. The Kier molecular flexibility index (Phi) is 8.10. The van der Waals surface area contributed by atoms with Gasteiger partial charge in [-0.25, -0.2) is 4.98 Å². The molecule has 0 saturated carbocycles. The molecule has 6 atom stereocenters. The molecule has 0 bridgehead atoms. The van der Waals surface area contributed by atoms with Crippen LogP contribution in [0.1, 0.15) is 36.7 Å². The van der Waals surface area contributed by atoms with E-state index in [0.29, 0.717) is 6.42 Å². The number of carbonyl (C=O) groups excluding carboxylic acids is 2. The number of nitrogens with one attached hydrogen (secondary N) is 3. The first-order valence-electron chi connectivity index (χ1n) is 13.2. The number of carbonyl (C=O) groups is 2. The molecule has 4 aromatic rings. The van der Waals surface area contributed by atoms with Crippen LogP contribution in [0, 0.1) is 0 Å². The highest BCUT2D eigenvalue weighted by molar-refractivity contribution is 5.90. The zero-order chi connectivity index (χ0) is 29.1. The van der Waals surface area contributed by atoms with Crippen molar-refractivity contribution in [2.45, 2.75) is 56.4 Å². The van der Waals surface area contributed by atoms with Gasteiger partial charge in [-0.2, -0.15) is 4.98 Å². The standard InChI is InChI=1S/C28H31N7O6/c1-2-17(16-11-7-4-8-12-16)31-24(38)18(13-15-9-5-3-6-10-15)32-26(40)22-20(36)21(37)27(41-22)35-14-30-19-23(35)33-28(29)34-25(19)39/h3-12,14,17-18,20-22,27,36-37H,2,13H2,1H3,(H,31,38)(H,32,40)(H3,29,33,34,39)/t17-,18+,20-,21+,22-,27+/m0/s1. The second-order valence-electron chi connectivity index (χ2n) is 9.83. The van der Waals surface area contributed by atoms with Gasteiger partial charge in [-0.05, 0) is 17.5 Å². The molecule has 13 heteroatoms. The molecule has 2 aromatic heterocycles. The predicted octanol–water partition coefficient (Wildman–Crippen LogP) is 0.316. The SMILES string of the molecule is CC[C@H](NC(=O)[C@@H](Cc1ccccc1)NC(=O)[C@H]1O[C@@H](n2cnc3c(=O)[nH]c(N)nc32)[C@H](O)[C@@H]1O)c1ccccc1. The van der Waals surface area contributed by atoms with Gasteiger partial charge >= 0.3 is 0 Å². The highest BCUT2D eigenvalue weighted by Crippen LogP contribution is 2.31. The summed E-state index contributed by atoms with van der Waals surface area (Å²) in [5.41, 5.74) is 6.75. The first-order chi connectivity index (χ1) is 19.8. The number of nitrogens with zero attached hydrogens (tertiary/aromatic N) is 3. The fourth-order valence-electron chi connectivity index (χ4n) is 4.93. The minimum Gasteiger partial charge on any atom is -0.387 e. The van der Waals surface area contributed by atoms with E-state index in [9.17, 15) is 24.6 Å². The number of hydrogen-bond donors (Lipinski definition) is 6. The van der Waals surface area contributed by atoms with E-state index in [2.05, 4.69) is 25.6 Å². The molecule has 1 aliphatic rings. The molecule has 0 unspecified atom stereocenters. The summed E-state index contributed by atoms with van der Waals surface area (Å²) in [6, 6.07) is 17.4. The summed E-state index contributed by atoms with van der Waals surface area (Å²) in [7, 11) is 0. The number of anilines is 1. The van der Waals surface area contributed by atoms with Gasteiger partial charge in [0.1, 0.15) is 18.2 Å². The van der Waals surface area contributed by atoms with E-state index in [0.717, 1.165) is 11.1 Å². The van der Waals surface area contributed by atoms with E-state index in [1.165, 1.54) is 10.9 Å². The molecule has 214 valence electrons. The van der Waals surface area contributed by atoms with Crippen LogP contribution in [0.4, 0.5) is 5.95 Å². The van der Waals surface area contributed by atoms with Crippen LogP contribution in [0.15, 0.2) is 71.8 Å². The lowest BCUT2D eigenvalue weighted by atomic mass is 10.0. The molecule has 2 amide bonds. The summed E-state index contributed by atoms with van der Waals surface area (Å²) >= 11 is 0. The van der Waals surface area contributed by atoms with Crippen molar-refractivity contribution in [3.8, 4) is 0 Å². The lowest BCUT2D eigenvalue weighted by molar-refractivity contribution is -0.140. The largest absolute Gasteiger partial charge is 0.387 e. The Morgan fingerprint density at radius 3 is 2.44 bits per heavy atom. The summed E-state index contributed by atoms with van der Waals surface area (Å²) in [5.74, 6) is -1.39. The van der Waals surface area contributed by atoms with Crippen molar-refractivity contribution in [2.24, 2.45) is 0 Å². The Balaban J connectivity index is 1.36. The maximum Gasteiger partial charge on any atom is 0.280 e. The van der Waals surface area contributed by atoms with Gasteiger partial charge in [0.05, 0.1) is 12.4 Å². The van der Waals surface area contributed by atoms with E-state index >= 15 is 0 Å². The Hall–Kier alpha value is -4.59. The number of aliphatic hydroxyl groups excluding tert-OH is 2. The number of ether oxygens (including phenoxy) is 1. The summed E-state index contributed by atoms with van der Waals surface area (Å²) in [4.78, 5) is 49.4. The minimum atomic E-state index is -1.65. The van der Waals surface area contributed by atoms with E-state index in [1.807, 2.05) is 67.6 Å². The van der Waals surface area contributed by atoms with Crippen LogP contribution in [-0.2, 0) is 20.7 Å². The first-order valence-corrected chi connectivity index (χ1v) is 13.2. The van der Waals surface area contributed by atoms with Gasteiger partial charge in [0.15, 0.2) is 23.5 Å². The zero-order valence-electron chi connectivity index (χ0n) is 22.2. The number of hydrogen-bond acceptors (Lipinski definition) is 9. The molecular formula is C28H31N7O6. The second kappa shape index (κ2) is 11.9. The Bertz CT molecular complexity index is 1580. The van der Waals surface area contributed by atoms with Crippen LogP contribution >= 0.6 is 0 Å². The third kappa shape index (κ3) is 5.82. The first kappa shape index (κ1) is 28.0. The average Bonchev–Trinajstić information content (AvgIpc) is 3.52. The number of aliphatic hydroxyl groups is 2. The topological polar surface area (TPSA) is 197 Å². The Morgan fingerprint density at radius 2 is 1.76 bits per heavy atom. The van der Waals surface area contributed by atoms with E-state index in [-0.39, 0.29) is 29.6 Å². The molecule has 1 fully saturated rings. The molecule has 13 nitrogen and oxygen atoms in total. The van der Waals surface area contributed by atoms with Gasteiger partial charge in [0, 0.05) is 6.42 Å². The van der Waals surface area contributed by atoms with Gasteiger partial charge in [0.25, 0.3) is 11.5 Å². The normalized spacial score (nSPS) is 21.8. The van der Waals surface area contributed by atoms with Gasteiger partial charge in [0.2, 0.25) is 11.9 Å². The van der Waals surface area contributed by atoms with Crippen LogP contribution in [0.5, 0.6) is 0 Å². The number of imidazole rings is 1. The number of nitrogen functional groups attached to an aromatic ring is 1. The number of amides is 2. The molecule has 0 radical (unpaired) electrons. The fraction of sp³-hybridized carbons (Fsp3) is 0.321. The lowest BCUT2D eigenvalue weighted by Gasteiger charge is -2.25. The van der Waals surface area contributed by atoms with Crippen molar-refractivity contribution < 1.29 is 24.5 Å². The Labute approximate surface area is 234 Å². The smallest absolute Gasteiger partial charge is 0.280 e. The van der Waals surface area contributed by atoms with Crippen molar-refractivity contribution in [2.75, 3.05) is 5.73 Å². The van der Waals surface area contributed by atoms with Crippen molar-refractivity contribution in [1.82, 2.24) is 30.2 Å². The van der Waals surface area contributed by atoms with Crippen molar-refractivity contribution in [1.29, 1.82) is 0 Å². The third-order valence-corrected chi connectivity index (χ3v) is 7.06. The van der Waals surface area contributed by atoms with Crippen molar-refractivity contribution in [3.05, 3.63) is 88.5 Å². The number of H-pyrrole nitrogens is 1. The predicted molar refractivity (Wildman–Crippen MR) is 148 cm³/mol. The Morgan fingerprint density at radius 1 is 1.07 bits per heavy atom. The molecule has 41 heavy (non-hydrogen) atoms. The quantitative estimate of drug-likeness (QED) is 0.167. The maximum absolute atomic E-state index is 13.5. The summed E-state index contributed by atoms with van der Waals surface area (Å²) < 4.78 is 6.99. The summed E-state index contributed by atoms with van der Waals surface area (Å²) in [6.07, 6.45) is -4.05. The molecule has 0 aliphatic carbocycles. The summed E-state index contributed by atoms with van der Waals surface area (Å²) in [5, 5.41) is 27.3. The van der Waals surface area contributed by atoms with Crippen LogP contribution in [0.25, 0.3) is 11.2 Å². The maximum atomic E-state index is 13.5. The molecule has 1 saturated heterocycles. The van der Waals surface area contributed by atoms with E-state index in [1.54, 1.807) is 0 Å². The van der Waals surface area contributed by atoms with Gasteiger partial charge in [-0.1, -0.05) is 67.6 Å². The highest BCUT2D eigenvalue weighted by Gasteiger charge is 2.48. The fourth-order valence-corrected chi connectivity index (χ4v) is 4.93. The number of fused-ring (bicyclic) bond motifs is 1. The molecule has 5 rings (SSSR count). The van der Waals surface area contributed by atoms with E-state index in [4.69, 9.17) is 10.5 Å². The molecule has 7 N–H and O–H groups in total. The molecule has 0 spiro atoms. The van der Waals surface area contributed by atoms with Gasteiger partial charge < -0.3 is 31.3 Å². The number of nitrogens with two attached hydrogens (primary N) is 1. The monoisotopic (exact) mass is 561 g/mol. The van der Waals surface area contributed by atoms with Crippen LogP contribution < -0.4 is 21.9 Å². The van der Waals surface area contributed by atoms with Crippen molar-refractivity contribution >= 4 is 28.9 Å². The summed E-state index contributed by atoms with van der Waals surface area (Å²) in [6.45, 7) is 1.95. The second-order valence-corrected chi connectivity index (χ2v) is 9.83.